The quantitative estimate of drug-likeness (QED) is 0.423. The Morgan fingerprint density at radius 2 is 2.16 bits per heavy atom. The molecule has 32 heavy (non-hydrogen) atoms. The van der Waals surface area contributed by atoms with E-state index in [1.54, 1.807) is 30.9 Å². The molecule has 0 unspecified atom stereocenters. The molecule has 3 heterocycles. The highest BCUT2D eigenvalue weighted by Crippen LogP contribution is 2.40. The molecule has 2 aliphatic heterocycles. The van der Waals surface area contributed by atoms with Crippen LogP contribution in [-0.4, -0.2) is 46.9 Å². The van der Waals surface area contributed by atoms with Crippen LogP contribution in [0.5, 0.6) is 0 Å². The lowest BCUT2D eigenvalue weighted by atomic mass is 10.0. The fourth-order valence-corrected chi connectivity index (χ4v) is 5.64. The molecule has 1 saturated carbocycles. The van der Waals surface area contributed by atoms with E-state index in [9.17, 15) is 14.8 Å². The average Bonchev–Trinajstić information content (AvgIpc) is 3.64. The number of benzene rings is 1. The molecule has 0 atom stereocenters. The van der Waals surface area contributed by atoms with Crippen molar-refractivity contribution in [2.75, 3.05) is 30.3 Å². The van der Waals surface area contributed by atoms with Crippen LogP contribution in [0, 0.1) is 5.82 Å². The number of nitrogens with zero attached hydrogens (tertiary/aromatic N) is 3. The zero-order valence-electron chi connectivity index (χ0n) is 17.8. The lowest BCUT2D eigenvalue weighted by Crippen LogP contribution is -2.36. The van der Waals surface area contributed by atoms with Gasteiger partial charge in [0.1, 0.15) is 11.4 Å². The van der Waals surface area contributed by atoms with Crippen molar-refractivity contribution in [3.63, 3.8) is 0 Å². The summed E-state index contributed by atoms with van der Waals surface area (Å²) in [6.07, 6.45) is 4.90. The number of halogens is 1. The smallest absolute Gasteiger partial charge is 0.343 e. The number of anilines is 1. The Morgan fingerprint density at radius 1 is 1.34 bits per heavy atom. The number of rotatable bonds is 4. The van der Waals surface area contributed by atoms with E-state index in [1.165, 1.54) is 11.0 Å². The molecule has 1 aliphatic carbocycles. The van der Waals surface area contributed by atoms with Crippen molar-refractivity contribution < 1.29 is 19.1 Å². The Bertz CT molecular complexity index is 1230. The summed E-state index contributed by atoms with van der Waals surface area (Å²) in [4.78, 5) is 28.5. The van der Waals surface area contributed by atoms with E-state index < -0.39 is 17.2 Å². The third-order valence-electron chi connectivity index (χ3n) is 6.26. The third kappa shape index (κ3) is 3.58. The molecule has 0 amide bonds. The van der Waals surface area contributed by atoms with E-state index >= 15 is 4.39 Å². The number of carbonyl (C=O) groups excluding carboxylic acids is 1. The Kier molecular flexibility index (Phi) is 5.44. The normalized spacial score (nSPS) is 20.1. The second-order valence-corrected chi connectivity index (χ2v) is 9.46. The number of esters is 1. The molecule has 0 radical (unpaired) electrons. The van der Waals surface area contributed by atoms with Gasteiger partial charge >= 0.3 is 5.97 Å². The fourth-order valence-electron chi connectivity index (χ4n) is 4.50. The number of pyridine rings is 1. The molecule has 1 fully saturated rings. The highest BCUT2D eigenvalue weighted by Gasteiger charge is 2.30. The molecule has 2 aromatic rings. The van der Waals surface area contributed by atoms with Crippen molar-refractivity contribution in [1.29, 1.82) is 0 Å². The average molecular weight is 458 g/mol. The van der Waals surface area contributed by atoms with Crippen molar-refractivity contribution in [1.82, 2.24) is 4.57 Å². The van der Waals surface area contributed by atoms with E-state index in [1.807, 2.05) is 9.47 Å². The predicted molar refractivity (Wildman–Crippen MR) is 123 cm³/mol. The maximum absolute atomic E-state index is 15.3. The molecule has 1 aromatic heterocycles. The molecule has 0 bridgehead atoms. The lowest BCUT2D eigenvalue weighted by molar-refractivity contribution is 0.0524. The summed E-state index contributed by atoms with van der Waals surface area (Å²) in [5.41, 5.74) is 2.09. The molecule has 0 saturated heterocycles. The number of ether oxygens (including phenoxy) is 1. The topological polar surface area (TPSA) is 84.1 Å². The van der Waals surface area contributed by atoms with Crippen LogP contribution in [-0.2, 0) is 4.74 Å². The van der Waals surface area contributed by atoms with Gasteiger partial charge < -0.3 is 19.4 Å². The Balaban J connectivity index is 1.60. The largest absolute Gasteiger partial charge is 0.462 e. The van der Waals surface area contributed by atoms with Crippen LogP contribution in [0.2, 0.25) is 0 Å². The van der Waals surface area contributed by atoms with Gasteiger partial charge in [-0.25, -0.2) is 9.18 Å². The van der Waals surface area contributed by atoms with Gasteiger partial charge in [-0.15, -0.1) is 11.8 Å². The number of aromatic nitrogens is 1. The minimum absolute atomic E-state index is 0.0609. The predicted octanol–water partition coefficient (Wildman–Crippen LogP) is 4.08. The highest BCUT2D eigenvalue weighted by molar-refractivity contribution is 8.03. The molecule has 1 aromatic carbocycles. The number of hydrogen-bond acceptors (Lipinski definition) is 7. The number of hydrogen-bond donors (Lipinski definition) is 1. The van der Waals surface area contributed by atoms with Gasteiger partial charge in [0.2, 0.25) is 5.43 Å². The lowest BCUT2D eigenvalue weighted by Gasteiger charge is -2.34. The van der Waals surface area contributed by atoms with E-state index in [0.717, 1.165) is 30.6 Å². The van der Waals surface area contributed by atoms with Gasteiger partial charge in [0.25, 0.3) is 0 Å². The van der Waals surface area contributed by atoms with Crippen molar-refractivity contribution in [2.24, 2.45) is 5.16 Å². The van der Waals surface area contributed by atoms with Crippen LogP contribution >= 0.6 is 11.8 Å². The first-order valence-electron chi connectivity index (χ1n) is 10.9. The summed E-state index contributed by atoms with van der Waals surface area (Å²) in [6.45, 7) is 2.94. The standard InChI is InChI=1S/C23H24FN3O4S/c1-2-31-23(29)16-12-27(13-3-4-13)19-10-20(17(24)9-14(19)22(16)28)26-7-5-21-15(11-26)18(25-30)6-8-32-21/h9-10,12-13,30H,2-8,11H2,1H3/b25-18+. The fraction of sp³-hybridized carbons (Fsp3) is 0.435. The summed E-state index contributed by atoms with van der Waals surface area (Å²) in [5, 5.41) is 13.1. The van der Waals surface area contributed by atoms with Crippen LogP contribution in [0.25, 0.3) is 10.9 Å². The molecule has 9 heteroatoms. The zero-order valence-corrected chi connectivity index (χ0v) is 18.6. The monoisotopic (exact) mass is 457 g/mol. The van der Waals surface area contributed by atoms with Crippen LogP contribution in [0.3, 0.4) is 0 Å². The SMILES string of the molecule is CCOC(=O)c1cn(C2CC2)c2cc(N3CCC4=C(C3)/C(=N/O)CCS4)c(F)cc2c1=O. The first kappa shape index (κ1) is 21.1. The van der Waals surface area contributed by atoms with Gasteiger partial charge in [0, 0.05) is 48.5 Å². The summed E-state index contributed by atoms with van der Waals surface area (Å²) in [6, 6.07) is 3.15. The number of thioether (sulfide) groups is 1. The number of carbonyl (C=O) groups is 1. The Labute approximate surface area is 188 Å². The third-order valence-corrected chi connectivity index (χ3v) is 7.46. The van der Waals surface area contributed by atoms with E-state index in [4.69, 9.17) is 4.74 Å². The van der Waals surface area contributed by atoms with Crippen LogP contribution < -0.4 is 10.3 Å². The molecule has 3 aliphatic rings. The van der Waals surface area contributed by atoms with Gasteiger partial charge in [0.05, 0.1) is 23.5 Å². The minimum atomic E-state index is -0.681. The van der Waals surface area contributed by atoms with Gasteiger partial charge in [-0.1, -0.05) is 5.16 Å². The molecule has 7 nitrogen and oxygen atoms in total. The summed E-state index contributed by atoms with van der Waals surface area (Å²) in [5.74, 6) is -0.300. The van der Waals surface area contributed by atoms with Crippen LogP contribution in [0.4, 0.5) is 10.1 Å². The summed E-state index contributed by atoms with van der Waals surface area (Å²) >= 11 is 1.77. The first-order valence-corrected chi connectivity index (χ1v) is 11.9. The van der Waals surface area contributed by atoms with Crippen molar-refractivity contribution in [3.05, 3.63) is 50.4 Å². The zero-order chi connectivity index (χ0) is 22.4. The van der Waals surface area contributed by atoms with E-state index in [2.05, 4.69) is 5.16 Å². The maximum atomic E-state index is 15.3. The van der Waals surface area contributed by atoms with Gasteiger partial charge in [-0.2, -0.15) is 0 Å². The molecular weight excluding hydrogens is 433 g/mol. The van der Waals surface area contributed by atoms with E-state index in [-0.39, 0.29) is 23.6 Å². The second-order valence-electron chi connectivity index (χ2n) is 8.27. The highest BCUT2D eigenvalue weighted by atomic mass is 32.2. The van der Waals surface area contributed by atoms with Crippen molar-refractivity contribution in [3.8, 4) is 0 Å². The summed E-state index contributed by atoms with van der Waals surface area (Å²) < 4.78 is 22.3. The Morgan fingerprint density at radius 3 is 2.88 bits per heavy atom. The Hall–Kier alpha value is -2.81. The van der Waals surface area contributed by atoms with Crippen LogP contribution in [0.1, 0.15) is 49.0 Å². The maximum Gasteiger partial charge on any atom is 0.343 e. The number of oxime groups is 1. The van der Waals surface area contributed by atoms with Gasteiger partial charge in [0.15, 0.2) is 0 Å². The van der Waals surface area contributed by atoms with Crippen molar-refractivity contribution in [2.45, 2.75) is 38.6 Å². The van der Waals surface area contributed by atoms with Gasteiger partial charge in [-0.05, 0) is 43.2 Å². The number of fused-ring (bicyclic) bond motifs is 1. The molecule has 1 N–H and O–H groups in total. The molecule has 0 spiro atoms. The van der Waals surface area contributed by atoms with Crippen LogP contribution in [0.15, 0.2) is 38.8 Å². The van der Waals surface area contributed by atoms with Crippen molar-refractivity contribution >= 4 is 40.0 Å². The second kappa shape index (κ2) is 8.27. The molecule has 5 rings (SSSR count). The summed E-state index contributed by atoms with van der Waals surface area (Å²) in [7, 11) is 0. The minimum Gasteiger partial charge on any atom is -0.462 e. The molecular formula is C23H24FN3O4S. The van der Waals surface area contributed by atoms with E-state index in [0.29, 0.717) is 36.4 Å². The first-order chi connectivity index (χ1) is 15.5. The molecule has 168 valence electrons. The van der Waals surface area contributed by atoms with Gasteiger partial charge in [-0.3, -0.25) is 4.79 Å².